The van der Waals surface area contributed by atoms with Crippen molar-refractivity contribution in [2.75, 3.05) is 5.73 Å². The smallest absolute Gasteiger partial charge is 0.316 e. The molecule has 0 amide bonds. The molecule has 0 fully saturated rings. The number of anilines is 1. The molecule has 0 aliphatic heterocycles. The van der Waals surface area contributed by atoms with Crippen LogP contribution in [0.3, 0.4) is 0 Å². The van der Waals surface area contributed by atoms with Crippen LogP contribution in [0.4, 0.5) is 5.69 Å². The summed E-state index contributed by atoms with van der Waals surface area (Å²) in [5, 5.41) is 4.13. The number of aryl methyl sites for hydroxylation is 1. The lowest BCUT2D eigenvalue weighted by atomic mass is 10.1. The van der Waals surface area contributed by atoms with Gasteiger partial charge in [-0.2, -0.15) is 9.78 Å². The molecule has 1 heterocycles. The summed E-state index contributed by atoms with van der Waals surface area (Å²) < 4.78 is 7.10. The van der Waals surface area contributed by atoms with E-state index in [0.717, 1.165) is 16.7 Å². The highest BCUT2D eigenvalue weighted by molar-refractivity contribution is 5.64. The van der Waals surface area contributed by atoms with Crippen molar-refractivity contribution in [3.8, 4) is 28.3 Å². The predicted octanol–water partition coefficient (Wildman–Crippen LogP) is 4.58. The molecule has 4 rings (SSSR count). The zero-order valence-electron chi connectivity index (χ0n) is 15.4. The molecular weight excluding hydrogens is 350 g/mol. The summed E-state index contributed by atoms with van der Waals surface area (Å²) in [5.74, 6) is 0.591. The number of aromatic nitrogens is 2. The van der Waals surface area contributed by atoms with Gasteiger partial charge in [0.1, 0.15) is 11.4 Å². The number of benzene rings is 3. The van der Waals surface area contributed by atoms with E-state index in [0.29, 0.717) is 11.4 Å². The van der Waals surface area contributed by atoms with E-state index in [4.69, 9.17) is 10.5 Å². The molecule has 0 saturated heterocycles. The molecule has 2 N–H and O–H groups in total. The molecule has 5 heteroatoms. The van der Waals surface area contributed by atoms with Crippen LogP contribution in [0, 0.1) is 6.92 Å². The fourth-order valence-corrected chi connectivity index (χ4v) is 2.89. The van der Waals surface area contributed by atoms with Gasteiger partial charge in [-0.05, 0) is 42.3 Å². The summed E-state index contributed by atoms with van der Waals surface area (Å²) in [6.07, 6.45) is 1.43. The average molecular weight is 369 g/mol. The van der Waals surface area contributed by atoms with E-state index in [-0.39, 0.29) is 11.4 Å². The first-order chi connectivity index (χ1) is 13.6. The fourth-order valence-electron chi connectivity index (χ4n) is 2.89. The van der Waals surface area contributed by atoms with E-state index in [9.17, 15) is 4.79 Å². The molecule has 0 radical (unpaired) electrons. The minimum atomic E-state index is -0.406. The summed E-state index contributed by atoms with van der Waals surface area (Å²) in [4.78, 5) is 12.9. The Labute approximate surface area is 162 Å². The number of nitrogens with two attached hydrogens (primary N) is 1. The highest BCUT2D eigenvalue weighted by Gasteiger charge is 2.13. The van der Waals surface area contributed by atoms with Crippen LogP contribution in [-0.2, 0) is 0 Å². The molecule has 0 aliphatic rings. The number of rotatable bonds is 4. The SMILES string of the molecule is Cc1ccc(-n2ncc(N)c(Oc3ccc(-c4ccccc4)cc3)c2=O)cc1. The van der Waals surface area contributed by atoms with Gasteiger partial charge < -0.3 is 10.5 Å². The van der Waals surface area contributed by atoms with E-state index >= 15 is 0 Å². The highest BCUT2D eigenvalue weighted by atomic mass is 16.5. The lowest BCUT2D eigenvalue weighted by molar-refractivity contribution is 0.470. The molecule has 5 nitrogen and oxygen atoms in total. The Balaban J connectivity index is 1.65. The lowest BCUT2D eigenvalue weighted by Crippen LogP contribution is -2.23. The molecule has 0 saturated carbocycles. The Kier molecular flexibility index (Phi) is 4.64. The van der Waals surface area contributed by atoms with Crippen molar-refractivity contribution in [1.29, 1.82) is 0 Å². The monoisotopic (exact) mass is 369 g/mol. The largest absolute Gasteiger partial charge is 0.449 e. The van der Waals surface area contributed by atoms with E-state index in [1.54, 1.807) is 0 Å². The Morgan fingerprint density at radius 3 is 2.18 bits per heavy atom. The van der Waals surface area contributed by atoms with Crippen LogP contribution in [0.5, 0.6) is 11.5 Å². The third-order valence-electron chi connectivity index (χ3n) is 4.42. The number of hydrogen-bond acceptors (Lipinski definition) is 4. The van der Waals surface area contributed by atoms with Crippen LogP contribution in [0.25, 0.3) is 16.8 Å². The van der Waals surface area contributed by atoms with Crippen molar-refractivity contribution < 1.29 is 4.74 Å². The van der Waals surface area contributed by atoms with Crippen molar-refractivity contribution >= 4 is 5.69 Å². The topological polar surface area (TPSA) is 70.1 Å². The third kappa shape index (κ3) is 3.50. The second-order valence-electron chi connectivity index (χ2n) is 6.47. The highest BCUT2D eigenvalue weighted by Crippen LogP contribution is 2.26. The standard InChI is InChI=1S/C23H19N3O2/c1-16-7-11-19(12-8-16)26-23(27)22(21(24)15-25-26)28-20-13-9-18(10-14-20)17-5-3-2-4-6-17/h2-15H,24H2,1H3. The summed E-state index contributed by atoms with van der Waals surface area (Å²) >= 11 is 0. The van der Waals surface area contributed by atoms with Gasteiger partial charge in [-0.15, -0.1) is 0 Å². The molecular formula is C23H19N3O2. The van der Waals surface area contributed by atoms with Crippen molar-refractivity contribution in [2.24, 2.45) is 0 Å². The Hall–Kier alpha value is -3.86. The van der Waals surface area contributed by atoms with Gasteiger partial charge in [0.15, 0.2) is 0 Å². The third-order valence-corrected chi connectivity index (χ3v) is 4.42. The molecule has 0 spiro atoms. The van der Waals surface area contributed by atoms with Crippen LogP contribution < -0.4 is 16.0 Å². The quantitative estimate of drug-likeness (QED) is 0.571. The molecule has 0 atom stereocenters. The minimum absolute atomic E-state index is 0.0584. The Morgan fingerprint density at radius 1 is 0.857 bits per heavy atom. The molecule has 0 aliphatic carbocycles. The first-order valence-corrected chi connectivity index (χ1v) is 8.90. The molecule has 3 aromatic carbocycles. The van der Waals surface area contributed by atoms with Crippen LogP contribution in [-0.4, -0.2) is 9.78 Å². The van der Waals surface area contributed by atoms with Crippen LogP contribution in [0.1, 0.15) is 5.56 Å². The van der Waals surface area contributed by atoms with E-state index in [2.05, 4.69) is 5.10 Å². The maximum Gasteiger partial charge on any atom is 0.316 e. The molecule has 138 valence electrons. The molecule has 28 heavy (non-hydrogen) atoms. The van der Waals surface area contributed by atoms with Gasteiger partial charge in [-0.1, -0.05) is 60.2 Å². The summed E-state index contributed by atoms with van der Waals surface area (Å²) in [6, 6.07) is 25.1. The Bertz CT molecular complexity index is 1150. The van der Waals surface area contributed by atoms with Crippen LogP contribution in [0.2, 0.25) is 0 Å². The molecule has 0 unspecified atom stereocenters. The summed E-state index contributed by atoms with van der Waals surface area (Å²) in [7, 11) is 0. The summed E-state index contributed by atoms with van der Waals surface area (Å²) in [6.45, 7) is 1.98. The van der Waals surface area contributed by atoms with Crippen molar-refractivity contribution in [1.82, 2.24) is 9.78 Å². The maximum absolute atomic E-state index is 12.9. The molecule has 4 aromatic rings. The van der Waals surface area contributed by atoms with Crippen molar-refractivity contribution in [2.45, 2.75) is 6.92 Å². The first kappa shape index (κ1) is 17.5. The lowest BCUT2D eigenvalue weighted by Gasteiger charge is -2.11. The normalized spacial score (nSPS) is 10.6. The number of nitrogen functional groups attached to an aromatic ring is 1. The second kappa shape index (κ2) is 7.40. The average Bonchev–Trinajstić information content (AvgIpc) is 2.73. The number of ether oxygens (including phenoxy) is 1. The fraction of sp³-hybridized carbons (Fsp3) is 0.0435. The number of hydrogen-bond donors (Lipinski definition) is 1. The van der Waals surface area contributed by atoms with Crippen molar-refractivity contribution in [3.05, 3.63) is 101 Å². The predicted molar refractivity (Wildman–Crippen MR) is 111 cm³/mol. The minimum Gasteiger partial charge on any atom is -0.449 e. The molecule has 1 aromatic heterocycles. The molecule has 0 bridgehead atoms. The van der Waals surface area contributed by atoms with Gasteiger partial charge in [0.05, 0.1) is 11.9 Å². The number of nitrogens with zero attached hydrogens (tertiary/aromatic N) is 2. The van der Waals surface area contributed by atoms with Crippen LogP contribution in [0.15, 0.2) is 89.9 Å². The van der Waals surface area contributed by atoms with Gasteiger partial charge in [0, 0.05) is 0 Å². The maximum atomic E-state index is 12.9. The second-order valence-corrected chi connectivity index (χ2v) is 6.47. The summed E-state index contributed by atoms with van der Waals surface area (Å²) in [5.41, 5.74) is 9.67. The van der Waals surface area contributed by atoms with E-state index in [1.807, 2.05) is 85.8 Å². The Morgan fingerprint density at radius 2 is 1.50 bits per heavy atom. The van der Waals surface area contributed by atoms with Crippen molar-refractivity contribution in [3.63, 3.8) is 0 Å². The first-order valence-electron chi connectivity index (χ1n) is 8.90. The zero-order valence-corrected chi connectivity index (χ0v) is 15.4. The van der Waals surface area contributed by atoms with E-state index in [1.165, 1.54) is 10.9 Å². The van der Waals surface area contributed by atoms with Gasteiger partial charge in [0.2, 0.25) is 5.75 Å². The van der Waals surface area contributed by atoms with Gasteiger partial charge in [-0.3, -0.25) is 4.79 Å². The zero-order chi connectivity index (χ0) is 19.5. The van der Waals surface area contributed by atoms with Gasteiger partial charge in [-0.25, -0.2) is 0 Å². The van der Waals surface area contributed by atoms with E-state index < -0.39 is 5.56 Å². The van der Waals surface area contributed by atoms with Gasteiger partial charge >= 0.3 is 5.56 Å². The van der Waals surface area contributed by atoms with Gasteiger partial charge in [0.25, 0.3) is 0 Å². The van der Waals surface area contributed by atoms with Crippen LogP contribution >= 0.6 is 0 Å².